The van der Waals surface area contributed by atoms with Crippen molar-refractivity contribution in [1.29, 1.82) is 0 Å². The number of amides is 1. The van der Waals surface area contributed by atoms with E-state index in [1.807, 2.05) is 60.0 Å². The largest absolute Gasteiger partial charge is 0.452 e. The second-order valence-electron chi connectivity index (χ2n) is 5.37. The highest BCUT2D eigenvalue weighted by Gasteiger charge is 2.06. The molecule has 0 aliphatic carbocycles. The van der Waals surface area contributed by atoms with Gasteiger partial charge in [-0.05, 0) is 35.2 Å². The zero-order valence-corrected chi connectivity index (χ0v) is 15.5. The standard InChI is InChI=1S/C20H17NO3S2/c22-19(21-13-17-7-4-12-25-17)14-24-20(23)11-9-16-8-10-18(26-16)15-5-2-1-3-6-15/h1-12H,13-14H2,(H,21,22)/b11-9+. The maximum absolute atomic E-state index is 11.7. The monoisotopic (exact) mass is 383 g/mol. The Morgan fingerprint density at radius 3 is 2.65 bits per heavy atom. The molecule has 3 rings (SSSR count). The normalized spacial score (nSPS) is 10.8. The number of thiophene rings is 2. The van der Waals surface area contributed by atoms with Gasteiger partial charge in [-0.15, -0.1) is 22.7 Å². The highest BCUT2D eigenvalue weighted by Crippen LogP contribution is 2.28. The number of benzene rings is 1. The molecule has 0 atom stereocenters. The van der Waals surface area contributed by atoms with Crippen LogP contribution < -0.4 is 5.32 Å². The van der Waals surface area contributed by atoms with Crippen molar-refractivity contribution < 1.29 is 14.3 Å². The minimum absolute atomic E-state index is 0.283. The molecular formula is C20H17NO3S2. The summed E-state index contributed by atoms with van der Waals surface area (Å²) in [4.78, 5) is 26.6. The van der Waals surface area contributed by atoms with Gasteiger partial charge in [-0.2, -0.15) is 0 Å². The van der Waals surface area contributed by atoms with Gasteiger partial charge in [0.1, 0.15) is 0 Å². The quantitative estimate of drug-likeness (QED) is 0.487. The SMILES string of the molecule is O=C(COC(=O)/C=C/c1ccc(-c2ccccc2)s1)NCc1cccs1. The molecule has 6 heteroatoms. The number of carbonyl (C=O) groups excluding carboxylic acids is 2. The topological polar surface area (TPSA) is 55.4 Å². The third kappa shape index (κ3) is 5.40. The summed E-state index contributed by atoms with van der Waals surface area (Å²) in [5, 5.41) is 4.65. The summed E-state index contributed by atoms with van der Waals surface area (Å²) in [5.41, 5.74) is 1.14. The maximum atomic E-state index is 11.7. The molecule has 0 unspecified atom stereocenters. The Hall–Kier alpha value is -2.70. The van der Waals surface area contributed by atoms with E-state index in [1.165, 1.54) is 6.08 Å². The fourth-order valence-corrected chi connectivity index (χ4v) is 3.75. The van der Waals surface area contributed by atoms with Crippen molar-refractivity contribution >= 4 is 40.6 Å². The molecule has 1 aromatic carbocycles. The third-order valence-corrected chi connectivity index (χ3v) is 5.43. The number of hydrogen-bond acceptors (Lipinski definition) is 5. The van der Waals surface area contributed by atoms with Crippen LogP contribution in [0.4, 0.5) is 0 Å². The molecule has 0 saturated carbocycles. The number of ether oxygens (including phenoxy) is 1. The van der Waals surface area contributed by atoms with Crippen LogP contribution in [0.2, 0.25) is 0 Å². The van der Waals surface area contributed by atoms with Gasteiger partial charge in [0.25, 0.3) is 5.91 Å². The Morgan fingerprint density at radius 1 is 1.04 bits per heavy atom. The predicted molar refractivity (Wildman–Crippen MR) is 106 cm³/mol. The van der Waals surface area contributed by atoms with Gasteiger partial charge in [0.15, 0.2) is 6.61 Å². The molecule has 0 fully saturated rings. The van der Waals surface area contributed by atoms with E-state index in [4.69, 9.17) is 4.74 Å². The van der Waals surface area contributed by atoms with Crippen LogP contribution in [-0.4, -0.2) is 18.5 Å². The molecular weight excluding hydrogens is 366 g/mol. The van der Waals surface area contributed by atoms with E-state index in [0.717, 1.165) is 20.2 Å². The first-order valence-electron chi connectivity index (χ1n) is 8.00. The van der Waals surface area contributed by atoms with Crippen molar-refractivity contribution in [2.24, 2.45) is 0 Å². The Morgan fingerprint density at radius 2 is 1.88 bits per heavy atom. The number of esters is 1. The molecule has 2 aromatic heterocycles. The van der Waals surface area contributed by atoms with Crippen molar-refractivity contribution in [3.63, 3.8) is 0 Å². The average Bonchev–Trinajstić information content (AvgIpc) is 3.35. The molecule has 0 aliphatic heterocycles. The van der Waals surface area contributed by atoms with E-state index in [2.05, 4.69) is 5.32 Å². The minimum Gasteiger partial charge on any atom is -0.452 e. The Balaban J connectivity index is 1.44. The first kappa shape index (κ1) is 18.1. The van der Waals surface area contributed by atoms with E-state index in [9.17, 15) is 9.59 Å². The number of rotatable bonds is 7. The lowest BCUT2D eigenvalue weighted by Gasteiger charge is -2.03. The Kier molecular flexibility index (Phi) is 6.35. The van der Waals surface area contributed by atoms with Crippen LogP contribution in [0.15, 0.2) is 66.1 Å². The van der Waals surface area contributed by atoms with Gasteiger partial charge in [0, 0.05) is 20.7 Å². The zero-order valence-electron chi connectivity index (χ0n) is 13.9. The fraction of sp³-hybridized carbons (Fsp3) is 0.100. The van der Waals surface area contributed by atoms with Crippen LogP contribution in [0.25, 0.3) is 16.5 Å². The molecule has 3 aromatic rings. The molecule has 1 N–H and O–H groups in total. The molecule has 4 nitrogen and oxygen atoms in total. The van der Waals surface area contributed by atoms with Crippen LogP contribution in [0, 0.1) is 0 Å². The second-order valence-corrected chi connectivity index (χ2v) is 7.51. The zero-order chi connectivity index (χ0) is 18.2. The van der Waals surface area contributed by atoms with E-state index < -0.39 is 5.97 Å². The summed E-state index contributed by atoms with van der Waals surface area (Å²) >= 11 is 3.15. The first-order chi connectivity index (χ1) is 12.7. The van der Waals surface area contributed by atoms with Crippen molar-refractivity contribution in [3.8, 4) is 10.4 Å². The maximum Gasteiger partial charge on any atom is 0.331 e. The van der Waals surface area contributed by atoms with Gasteiger partial charge in [-0.3, -0.25) is 4.79 Å². The van der Waals surface area contributed by atoms with Crippen LogP contribution in [0.1, 0.15) is 9.75 Å². The van der Waals surface area contributed by atoms with E-state index in [0.29, 0.717) is 6.54 Å². The lowest BCUT2D eigenvalue weighted by atomic mass is 10.2. The van der Waals surface area contributed by atoms with Crippen molar-refractivity contribution in [2.75, 3.05) is 6.61 Å². The molecule has 0 radical (unpaired) electrons. The third-order valence-electron chi connectivity index (χ3n) is 3.45. The van der Waals surface area contributed by atoms with Gasteiger partial charge in [0.2, 0.25) is 0 Å². The highest BCUT2D eigenvalue weighted by atomic mass is 32.1. The van der Waals surface area contributed by atoms with Crippen LogP contribution in [0.3, 0.4) is 0 Å². The summed E-state index contributed by atoms with van der Waals surface area (Å²) in [5.74, 6) is -0.853. The highest BCUT2D eigenvalue weighted by molar-refractivity contribution is 7.16. The van der Waals surface area contributed by atoms with Gasteiger partial charge in [0.05, 0.1) is 6.54 Å². The minimum atomic E-state index is -0.536. The Bertz CT molecular complexity index is 883. The summed E-state index contributed by atoms with van der Waals surface area (Å²) in [6, 6.07) is 17.9. The van der Waals surface area contributed by atoms with Crippen LogP contribution in [-0.2, 0) is 20.9 Å². The van der Waals surface area contributed by atoms with Gasteiger partial charge >= 0.3 is 5.97 Å². The number of carbonyl (C=O) groups is 2. The van der Waals surface area contributed by atoms with E-state index in [1.54, 1.807) is 28.7 Å². The number of hydrogen-bond donors (Lipinski definition) is 1. The van der Waals surface area contributed by atoms with Gasteiger partial charge in [-0.1, -0.05) is 36.4 Å². The molecule has 1 amide bonds. The van der Waals surface area contributed by atoms with Crippen molar-refractivity contribution in [3.05, 3.63) is 75.8 Å². The Labute approximate surface area is 159 Å². The fourth-order valence-electron chi connectivity index (χ4n) is 2.18. The first-order valence-corrected chi connectivity index (χ1v) is 9.69. The molecule has 0 aliphatic rings. The van der Waals surface area contributed by atoms with Gasteiger partial charge < -0.3 is 10.1 Å². The molecule has 0 bridgehead atoms. The van der Waals surface area contributed by atoms with E-state index in [-0.39, 0.29) is 12.5 Å². The molecule has 0 saturated heterocycles. The van der Waals surface area contributed by atoms with Crippen molar-refractivity contribution in [2.45, 2.75) is 6.54 Å². The smallest absolute Gasteiger partial charge is 0.331 e. The van der Waals surface area contributed by atoms with Crippen molar-refractivity contribution in [1.82, 2.24) is 5.32 Å². The lowest BCUT2D eigenvalue weighted by molar-refractivity contribution is -0.143. The average molecular weight is 383 g/mol. The summed E-state index contributed by atoms with van der Waals surface area (Å²) in [7, 11) is 0. The number of nitrogens with one attached hydrogen (secondary N) is 1. The van der Waals surface area contributed by atoms with Crippen LogP contribution >= 0.6 is 22.7 Å². The molecule has 26 heavy (non-hydrogen) atoms. The summed E-state index contributed by atoms with van der Waals surface area (Å²) in [6.45, 7) is 0.162. The van der Waals surface area contributed by atoms with Crippen LogP contribution in [0.5, 0.6) is 0 Å². The van der Waals surface area contributed by atoms with E-state index >= 15 is 0 Å². The molecule has 0 spiro atoms. The second kappa shape index (κ2) is 9.12. The predicted octanol–water partition coefficient (Wildman–Crippen LogP) is 4.35. The molecule has 132 valence electrons. The lowest BCUT2D eigenvalue weighted by Crippen LogP contribution is -2.27. The van der Waals surface area contributed by atoms with Gasteiger partial charge in [-0.25, -0.2) is 4.79 Å². The summed E-state index contributed by atoms with van der Waals surface area (Å²) < 4.78 is 4.96. The summed E-state index contributed by atoms with van der Waals surface area (Å²) in [6.07, 6.45) is 3.04. The molecule has 2 heterocycles.